The first-order chi connectivity index (χ1) is 12.1. The highest BCUT2D eigenvalue weighted by Crippen LogP contribution is 2.40. The summed E-state index contributed by atoms with van der Waals surface area (Å²) in [7, 11) is 3.16. The summed E-state index contributed by atoms with van der Waals surface area (Å²) in [5, 5.41) is 21.4. The predicted molar refractivity (Wildman–Crippen MR) is 99.8 cm³/mol. The molecule has 1 aromatic heterocycles. The van der Waals surface area contributed by atoms with Crippen LogP contribution in [0.2, 0.25) is 0 Å². The van der Waals surface area contributed by atoms with Crippen molar-refractivity contribution in [2.45, 2.75) is 13.2 Å². The Hall–Kier alpha value is -2.15. The molecular formula is C19H18BrNO4. The number of benzene rings is 2. The van der Waals surface area contributed by atoms with E-state index in [-0.39, 0.29) is 13.2 Å². The highest BCUT2D eigenvalue weighted by molar-refractivity contribution is 9.10. The van der Waals surface area contributed by atoms with Crippen molar-refractivity contribution in [2.75, 3.05) is 14.2 Å². The van der Waals surface area contributed by atoms with E-state index >= 15 is 0 Å². The molecule has 0 amide bonds. The Morgan fingerprint density at radius 2 is 1.72 bits per heavy atom. The summed E-state index contributed by atoms with van der Waals surface area (Å²) in [6.07, 6.45) is 0. The van der Waals surface area contributed by atoms with Gasteiger partial charge in [0.25, 0.3) is 0 Å². The third kappa shape index (κ3) is 3.20. The van der Waals surface area contributed by atoms with Crippen molar-refractivity contribution >= 4 is 26.7 Å². The number of hydrogen-bond donors (Lipinski definition) is 2. The molecule has 0 radical (unpaired) electrons. The zero-order valence-electron chi connectivity index (χ0n) is 13.9. The van der Waals surface area contributed by atoms with Crippen LogP contribution in [0.1, 0.15) is 11.1 Å². The molecule has 130 valence electrons. The van der Waals surface area contributed by atoms with Crippen LogP contribution in [0.3, 0.4) is 0 Å². The van der Waals surface area contributed by atoms with Gasteiger partial charge in [0.2, 0.25) is 0 Å². The SMILES string of the molecule is COc1cc2cc(CO)c(CO)c(-c3cccc(Br)n3)c2cc1OC. The van der Waals surface area contributed by atoms with Crippen molar-refractivity contribution in [1.29, 1.82) is 0 Å². The van der Waals surface area contributed by atoms with Gasteiger partial charge in [-0.15, -0.1) is 0 Å². The predicted octanol–water partition coefficient (Wildman–Crippen LogP) is 3.67. The molecule has 0 atom stereocenters. The lowest BCUT2D eigenvalue weighted by Crippen LogP contribution is -2.01. The molecule has 2 N–H and O–H groups in total. The number of aromatic nitrogens is 1. The van der Waals surface area contributed by atoms with Crippen LogP contribution in [-0.4, -0.2) is 29.4 Å². The summed E-state index contributed by atoms with van der Waals surface area (Å²) in [6, 6.07) is 11.2. The lowest BCUT2D eigenvalue weighted by Gasteiger charge is -2.17. The molecule has 3 aromatic rings. The van der Waals surface area contributed by atoms with E-state index in [2.05, 4.69) is 20.9 Å². The summed E-state index contributed by atoms with van der Waals surface area (Å²) in [5.74, 6) is 1.19. The van der Waals surface area contributed by atoms with E-state index in [1.165, 1.54) is 0 Å². The molecule has 6 heteroatoms. The number of nitrogens with zero attached hydrogens (tertiary/aromatic N) is 1. The topological polar surface area (TPSA) is 71.8 Å². The van der Waals surface area contributed by atoms with Crippen LogP contribution in [0.25, 0.3) is 22.0 Å². The quantitative estimate of drug-likeness (QED) is 0.635. The zero-order valence-corrected chi connectivity index (χ0v) is 15.5. The Bertz CT molecular complexity index is 922. The molecule has 0 fully saturated rings. The van der Waals surface area contributed by atoms with E-state index in [1.54, 1.807) is 14.2 Å². The average molecular weight is 404 g/mol. The van der Waals surface area contributed by atoms with Crippen LogP contribution in [0.4, 0.5) is 0 Å². The Labute approximate surface area is 154 Å². The van der Waals surface area contributed by atoms with Gasteiger partial charge >= 0.3 is 0 Å². The van der Waals surface area contributed by atoms with Gasteiger partial charge in [-0.3, -0.25) is 0 Å². The lowest BCUT2D eigenvalue weighted by molar-refractivity contribution is 0.260. The standard InChI is InChI=1S/C19H18BrNO4/c1-24-16-7-11-6-12(9-22)14(10-23)19(13(11)8-17(16)25-2)15-4-3-5-18(20)21-15/h3-8,22-23H,9-10H2,1-2H3. The number of pyridine rings is 1. The second-order valence-electron chi connectivity index (χ2n) is 5.48. The number of ether oxygens (including phenoxy) is 2. The molecule has 5 nitrogen and oxygen atoms in total. The zero-order chi connectivity index (χ0) is 18.0. The number of fused-ring (bicyclic) bond motifs is 1. The molecular weight excluding hydrogens is 386 g/mol. The molecule has 25 heavy (non-hydrogen) atoms. The molecule has 0 aliphatic rings. The number of hydrogen-bond acceptors (Lipinski definition) is 5. The van der Waals surface area contributed by atoms with Crippen molar-refractivity contribution in [1.82, 2.24) is 4.98 Å². The molecule has 2 aromatic carbocycles. The van der Waals surface area contributed by atoms with Gasteiger partial charge in [0.15, 0.2) is 11.5 Å². The summed E-state index contributed by atoms with van der Waals surface area (Å²) in [4.78, 5) is 4.53. The first-order valence-electron chi connectivity index (χ1n) is 7.68. The second kappa shape index (κ2) is 7.39. The fourth-order valence-electron chi connectivity index (χ4n) is 2.99. The maximum absolute atomic E-state index is 9.94. The molecule has 0 aliphatic carbocycles. The van der Waals surface area contributed by atoms with Gasteiger partial charge in [0, 0.05) is 5.56 Å². The third-order valence-electron chi connectivity index (χ3n) is 4.14. The van der Waals surface area contributed by atoms with Crippen molar-refractivity contribution in [3.63, 3.8) is 0 Å². The van der Waals surface area contributed by atoms with E-state index in [9.17, 15) is 10.2 Å². The van der Waals surface area contributed by atoms with E-state index in [0.29, 0.717) is 32.9 Å². The lowest BCUT2D eigenvalue weighted by atomic mass is 9.92. The van der Waals surface area contributed by atoms with Gasteiger partial charge < -0.3 is 19.7 Å². The Morgan fingerprint density at radius 3 is 2.32 bits per heavy atom. The third-order valence-corrected chi connectivity index (χ3v) is 4.59. The molecule has 0 unspecified atom stereocenters. The number of aliphatic hydroxyl groups is 2. The van der Waals surface area contributed by atoms with Gasteiger partial charge in [-0.1, -0.05) is 6.07 Å². The van der Waals surface area contributed by atoms with Gasteiger partial charge in [-0.25, -0.2) is 4.98 Å². The largest absolute Gasteiger partial charge is 0.493 e. The molecule has 1 heterocycles. The molecule has 0 saturated carbocycles. The van der Waals surface area contributed by atoms with Crippen LogP contribution in [-0.2, 0) is 13.2 Å². The summed E-state index contributed by atoms with van der Waals surface area (Å²) < 4.78 is 11.5. The minimum Gasteiger partial charge on any atom is -0.493 e. The van der Waals surface area contributed by atoms with Crippen LogP contribution >= 0.6 is 15.9 Å². The maximum Gasteiger partial charge on any atom is 0.161 e. The monoisotopic (exact) mass is 403 g/mol. The van der Waals surface area contributed by atoms with E-state index in [1.807, 2.05) is 36.4 Å². The molecule has 0 aliphatic heterocycles. The van der Waals surface area contributed by atoms with Crippen molar-refractivity contribution in [2.24, 2.45) is 0 Å². The van der Waals surface area contributed by atoms with Crippen molar-refractivity contribution in [3.8, 4) is 22.8 Å². The fourth-order valence-corrected chi connectivity index (χ4v) is 3.33. The summed E-state index contributed by atoms with van der Waals surface area (Å²) in [5.41, 5.74) is 2.77. The van der Waals surface area contributed by atoms with Crippen LogP contribution in [0.15, 0.2) is 41.0 Å². The highest BCUT2D eigenvalue weighted by Gasteiger charge is 2.18. The van der Waals surface area contributed by atoms with Crippen LogP contribution < -0.4 is 9.47 Å². The van der Waals surface area contributed by atoms with Crippen molar-refractivity contribution in [3.05, 3.63) is 52.1 Å². The first-order valence-corrected chi connectivity index (χ1v) is 8.47. The number of rotatable bonds is 5. The Morgan fingerprint density at radius 1 is 1.00 bits per heavy atom. The van der Waals surface area contributed by atoms with E-state index < -0.39 is 0 Å². The minimum atomic E-state index is -0.205. The normalized spacial score (nSPS) is 10.9. The smallest absolute Gasteiger partial charge is 0.161 e. The fraction of sp³-hybridized carbons (Fsp3) is 0.211. The summed E-state index contributed by atoms with van der Waals surface area (Å²) in [6.45, 7) is -0.384. The molecule has 3 rings (SSSR count). The van der Waals surface area contributed by atoms with Crippen LogP contribution in [0.5, 0.6) is 11.5 Å². The molecule has 0 spiro atoms. The van der Waals surface area contributed by atoms with E-state index in [4.69, 9.17) is 9.47 Å². The van der Waals surface area contributed by atoms with E-state index in [0.717, 1.165) is 16.3 Å². The molecule has 0 saturated heterocycles. The molecule has 0 bridgehead atoms. The second-order valence-corrected chi connectivity index (χ2v) is 6.29. The number of methoxy groups -OCH3 is 2. The minimum absolute atomic E-state index is 0.179. The van der Waals surface area contributed by atoms with Gasteiger partial charge in [-0.05, 0) is 68.2 Å². The van der Waals surface area contributed by atoms with Gasteiger partial charge in [0.05, 0.1) is 33.1 Å². The Balaban J connectivity index is 2.45. The number of aliphatic hydroxyl groups excluding tert-OH is 2. The summed E-state index contributed by atoms with van der Waals surface area (Å²) >= 11 is 3.39. The van der Waals surface area contributed by atoms with Gasteiger partial charge in [-0.2, -0.15) is 0 Å². The highest BCUT2D eigenvalue weighted by atomic mass is 79.9. The van der Waals surface area contributed by atoms with Crippen molar-refractivity contribution < 1.29 is 19.7 Å². The average Bonchev–Trinajstić information content (AvgIpc) is 2.64. The van der Waals surface area contributed by atoms with Crippen LogP contribution in [0, 0.1) is 0 Å². The number of halogens is 1. The first kappa shape index (κ1) is 17.7. The Kier molecular flexibility index (Phi) is 5.22. The maximum atomic E-state index is 9.94. The van der Waals surface area contributed by atoms with Gasteiger partial charge in [0.1, 0.15) is 4.60 Å².